The predicted octanol–water partition coefficient (Wildman–Crippen LogP) is 4.32. The van der Waals surface area contributed by atoms with Crippen LogP contribution in [0.1, 0.15) is 23.9 Å². The van der Waals surface area contributed by atoms with Crippen LogP contribution in [0, 0.1) is 6.92 Å². The molecule has 0 aliphatic carbocycles. The second-order valence-electron chi connectivity index (χ2n) is 6.27. The summed E-state index contributed by atoms with van der Waals surface area (Å²) in [6.07, 6.45) is 0.210. The summed E-state index contributed by atoms with van der Waals surface area (Å²) >= 11 is 1.56. The highest BCUT2D eigenvalue weighted by Gasteiger charge is 2.19. The van der Waals surface area contributed by atoms with Gasteiger partial charge in [0.2, 0.25) is 11.8 Å². The van der Waals surface area contributed by atoms with Crippen LogP contribution in [-0.2, 0) is 17.8 Å². The summed E-state index contributed by atoms with van der Waals surface area (Å²) in [7, 11) is 3.20. The lowest BCUT2D eigenvalue weighted by molar-refractivity contribution is -0.130. The SMILES string of the molecule is CCN(Cc1ccc(OC)c(OC)c1)C(=O)Cc1nc(-c2cccs2)oc1C. The molecule has 0 radical (unpaired) electrons. The number of hydrogen-bond acceptors (Lipinski definition) is 6. The smallest absolute Gasteiger partial charge is 0.236 e. The Bertz CT molecular complexity index is 934. The van der Waals surface area contributed by atoms with E-state index in [-0.39, 0.29) is 12.3 Å². The molecule has 0 unspecified atom stereocenters. The number of carbonyl (C=O) groups excluding carboxylic acids is 1. The molecule has 28 heavy (non-hydrogen) atoms. The maximum absolute atomic E-state index is 12.9. The molecule has 0 saturated heterocycles. The van der Waals surface area contributed by atoms with Crippen LogP contribution in [-0.4, -0.2) is 36.6 Å². The molecular weight excluding hydrogens is 376 g/mol. The highest BCUT2D eigenvalue weighted by atomic mass is 32.1. The Morgan fingerprint density at radius 2 is 2.00 bits per heavy atom. The number of oxazole rings is 1. The molecule has 0 aliphatic heterocycles. The van der Waals surface area contributed by atoms with Gasteiger partial charge in [-0.05, 0) is 43.0 Å². The van der Waals surface area contributed by atoms with Gasteiger partial charge in [0.1, 0.15) is 5.76 Å². The number of ether oxygens (including phenoxy) is 2. The number of rotatable bonds is 8. The van der Waals surface area contributed by atoms with E-state index in [4.69, 9.17) is 13.9 Å². The third-order valence-corrected chi connectivity index (χ3v) is 5.36. The average molecular weight is 401 g/mol. The summed E-state index contributed by atoms with van der Waals surface area (Å²) in [6.45, 7) is 4.90. The lowest BCUT2D eigenvalue weighted by Gasteiger charge is -2.21. The van der Waals surface area contributed by atoms with Crippen LogP contribution in [0.4, 0.5) is 0 Å². The molecule has 0 atom stereocenters. The minimum absolute atomic E-state index is 0.00594. The average Bonchev–Trinajstić information content (AvgIpc) is 3.36. The minimum Gasteiger partial charge on any atom is -0.493 e. The van der Waals surface area contributed by atoms with E-state index in [9.17, 15) is 4.79 Å². The molecule has 1 aromatic carbocycles. The van der Waals surface area contributed by atoms with Gasteiger partial charge in [-0.15, -0.1) is 11.3 Å². The summed E-state index contributed by atoms with van der Waals surface area (Å²) < 4.78 is 16.4. The van der Waals surface area contributed by atoms with Gasteiger partial charge in [-0.3, -0.25) is 4.79 Å². The van der Waals surface area contributed by atoms with Crippen molar-refractivity contribution in [2.24, 2.45) is 0 Å². The zero-order chi connectivity index (χ0) is 20.1. The van der Waals surface area contributed by atoms with Crippen LogP contribution in [0.5, 0.6) is 11.5 Å². The summed E-state index contributed by atoms with van der Waals surface area (Å²) in [4.78, 5) is 20.1. The Hall–Kier alpha value is -2.80. The number of aromatic nitrogens is 1. The summed E-state index contributed by atoms with van der Waals surface area (Å²) in [5, 5.41) is 1.97. The number of benzene rings is 1. The van der Waals surface area contributed by atoms with Gasteiger partial charge in [0.05, 0.1) is 31.2 Å². The van der Waals surface area contributed by atoms with E-state index in [1.807, 2.05) is 49.6 Å². The molecule has 3 aromatic rings. The van der Waals surface area contributed by atoms with E-state index in [1.54, 1.807) is 30.5 Å². The van der Waals surface area contributed by atoms with E-state index in [0.29, 0.717) is 41.9 Å². The first kappa shape index (κ1) is 19.9. The molecule has 6 nitrogen and oxygen atoms in total. The zero-order valence-electron chi connectivity index (χ0n) is 16.5. The van der Waals surface area contributed by atoms with Crippen molar-refractivity contribution < 1.29 is 18.7 Å². The Kier molecular flexibility index (Phi) is 6.36. The van der Waals surface area contributed by atoms with Crippen LogP contribution >= 0.6 is 11.3 Å². The van der Waals surface area contributed by atoms with Gasteiger partial charge < -0.3 is 18.8 Å². The van der Waals surface area contributed by atoms with Crippen LogP contribution in [0.25, 0.3) is 10.8 Å². The van der Waals surface area contributed by atoms with Crippen molar-refractivity contribution in [2.45, 2.75) is 26.8 Å². The maximum atomic E-state index is 12.9. The Balaban J connectivity index is 1.72. The second kappa shape index (κ2) is 8.93. The largest absolute Gasteiger partial charge is 0.493 e. The molecule has 1 amide bonds. The number of amides is 1. The van der Waals surface area contributed by atoms with Crippen LogP contribution < -0.4 is 9.47 Å². The molecule has 0 saturated carbocycles. The number of hydrogen-bond donors (Lipinski definition) is 0. The monoisotopic (exact) mass is 400 g/mol. The van der Waals surface area contributed by atoms with Crippen molar-refractivity contribution >= 4 is 17.2 Å². The second-order valence-corrected chi connectivity index (χ2v) is 7.22. The van der Waals surface area contributed by atoms with Gasteiger partial charge in [0.25, 0.3) is 0 Å². The lowest BCUT2D eigenvalue weighted by Crippen LogP contribution is -2.31. The molecule has 7 heteroatoms. The Labute approximate surface area is 168 Å². The molecule has 2 aromatic heterocycles. The van der Waals surface area contributed by atoms with Crippen LogP contribution in [0.15, 0.2) is 40.1 Å². The van der Waals surface area contributed by atoms with Crippen molar-refractivity contribution in [3.63, 3.8) is 0 Å². The number of thiophene rings is 1. The zero-order valence-corrected chi connectivity index (χ0v) is 17.3. The summed E-state index contributed by atoms with van der Waals surface area (Å²) in [6, 6.07) is 9.59. The van der Waals surface area contributed by atoms with E-state index in [1.165, 1.54) is 0 Å². The van der Waals surface area contributed by atoms with Crippen molar-refractivity contribution in [1.82, 2.24) is 9.88 Å². The first-order chi connectivity index (χ1) is 13.5. The molecule has 0 bridgehead atoms. The predicted molar refractivity (Wildman–Crippen MR) is 109 cm³/mol. The summed E-state index contributed by atoms with van der Waals surface area (Å²) in [5.41, 5.74) is 1.66. The van der Waals surface area contributed by atoms with Gasteiger partial charge in [-0.2, -0.15) is 0 Å². The van der Waals surface area contributed by atoms with Crippen molar-refractivity contribution in [1.29, 1.82) is 0 Å². The first-order valence-corrected chi connectivity index (χ1v) is 9.92. The van der Waals surface area contributed by atoms with E-state index in [0.717, 1.165) is 10.4 Å². The minimum atomic E-state index is 0.00594. The lowest BCUT2D eigenvalue weighted by atomic mass is 10.1. The number of nitrogens with zero attached hydrogens (tertiary/aromatic N) is 2. The number of methoxy groups -OCH3 is 2. The number of carbonyl (C=O) groups is 1. The fourth-order valence-electron chi connectivity index (χ4n) is 2.93. The van der Waals surface area contributed by atoms with Gasteiger partial charge in [-0.25, -0.2) is 4.98 Å². The van der Waals surface area contributed by atoms with Gasteiger partial charge >= 0.3 is 0 Å². The Morgan fingerprint density at radius 1 is 1.21 bits per heavy atom. The normalized spacial score (nSPS) is 10.7. The van der Waals surface area contributed by atoms with Gasteiger partial charge in [0.15, 0.2) is 11.5 Å². The van der Waals surface area contributed by atoms with E-state index in [2.05, 4.69) is 4.98 Å². The van der Waals surface area contributed by atoms with Crippen molar-refractivity contribution in [3.8, 4) is 22.3 Å². The number of likely N-dealkylation sites (N-methyl/N-ethyl adjacent to an activating group) is 1. The van der Waals surface area contributed by atoms with E-state index >= 15 is 0 Å². The van der Waals surface area contributed by atoms with Crippen LogP contribution in [0.3, 0.4) is 0 Å². The van der Waals surface area contributed by atoms with Gasteiger partial charge in [0, 0.05) is 13.1 Å². The fraction of sp³-hybridized carbons (Fsp3) is 0.333. The highest BCUT2D eigenvalue weighted by Crippen LogP contribution is 2.29. The Morgan fingerprint density at radius 3 is 2.64 bits per heavy atom. The quantitative estimate of drug-likeness (QED) is 0.563. The molecule has 0 N–H and O–H groups in total. The third kappa shape index (κ3) is 4.36. The summed E-state index contributed by atoms with van der Waals surface area (Å²) in [5.74, 6) is 2.57. The van der Waals surface area contributed by atoms with Gasteiger partial charge in [-0.1, -0.05) is 12.1 Å². The molecule has 3 rings (SSSR count). The standard InChI is InChI=1S/C21H24N2O4S/c1-5-23(13-15-8-9-17(25-3)18(11-15)26-4)20(24)12-16-14(2)27-21(22-16)19-7-6-10-28-19/h6-11H,5,12-13H2,1-4H3. The van der Waals surface area contributed by atoms with Crippen molar-refractivity contribution in [2.75, 3.05) is 20.8 Å². The number of aryl methyl sites for hydroxylation is 1. The molecule has 148 valence electrons. The fourth-order valence-corrected chi connectivity index (χ4v) is 3.58. The molecule has 2 heterocycles. The highest BCUT2D eigenvalue weighted by molar-refractivity contribution is 7.13. The van der Waals surface area contributed by atoms with E-state index < -0.39 is 0 Å². The third-order valence-electron chi connectivity index (χ3n) is 4.50. The van der Waals surface area contributed by atoms with Crippen molar-refractivity contribution in [3.05, 3.63) is 52.7 Å². The maximum Gasteiger partial charge on any atom is 0.236 e. The molecule has 0 fully saturated rings. The molecular formula is C21H24N2O4S. The van der Waals surface area contributed by atoms with Crippen LogP contribution in [0.2, 0.25) is 0 Å². The molecule has 0 spiro atoms. The molecule has 0 aliphatic rings. The first-order valence-electron chi connectivity index (χ1n) is 9.04. The topological polar surface area (TPSA) is 64.8 Å².